The van der Waals surface area contributed by atoms with Crippen LogP contribution in [0.3, 0.4) is 0 Å². The summed E-state index contributed by atoms with van der Waals surface area (Å²) in [7, 11) is -4.33. The van der Waals surface area contributed by atoms with Gasteiger partial charge in [-0.3, -0.25) is 9.10 Å². The molecule has 1 unspecified atom stereocenters. The zero-order valence-corrected chi connectivity index (χ0v) is 21.3. The van der Waals surface area contributed by atoms with Gasteiger partial charge in [0.05, 0.1) is 22.2 Å². The minimum Gasteiger partial charge on any atom is -0.348 e. The number of halogens is 3. The molecule has 3 aromatic carbocycles. The Morgan fingerprint density at radius 1 is 0.946 bits per heavy atom. The lowest BCUT2D eigenvalue weighted by Gasteiger charge is -2.26. The molecule has 0 saturated heterocycles. The molecule has 0 aromatic heterocycles. The van der Waals surface area contributed by atoms with Crippen LogP contribution in [0.4, 0.5) is 18.9 Å². The number of carbonyl (C=O) groups is 1. The van der Waals surface area contributed by atoms with Crippen molar-refractivity contribution >= 4 is 21.6 Å². The number of fused-ring (bicyclic) bond motifs is 1. The van der Waals surface area contributed by atoms with E-state index in [1.807, 2.05) is 13.0 Å². The Bertz CT molecular complexity index is 1360. The number of hydrogen-bond acceptors (Lipinski definition) is 3. The minimum absolute atomic E-state index is 0.123. The van der Waals surface area contributed by atoms with Crippen molar-refractivity contribution in [3.63, 3.8) is 0 Å². The molecule has 0 aliphatic heterocycles. The highest BCUT2D eigenvalue weighted by Gasteiger charge is 2.33. The van der Waals surface area contributed by atoms with Crippen LogP contribution >= 0.6 is 0 Å². The molecule has 5 nitrogen and oxygen atoms in total. The van der Waals surface area contributed by atoms with Crippen molar-refractivity contribution in [1.82, 2.24) is 5.32 Å². The summed E-state index contributed by atoms with van der Waals surface area (Å²) in [5, 5.41) is 2.89. The van der Waals surface area contributed by atoms with Crippen LogP contribution in [0.15, 0.2) is 77.7 Å². The first-order valence-electron chi connectivity index (χ1n) is 12.3. The minimum atomic E-state index is -4.67. The molecule has 9 heteroatoms. The normalized spacial score (nSPS) is 14.5. The van der Waals surface area contributed by atoms with Crippen LogP contribution in [-0.2, 0) is 33.8 Å². The maximum atomic E-state index is 13.5. The molecule has 1 N–H and O–H groups in total. The Balaban J connectivity index is 1.63. The van der Waals surface area contributed by atoms with Gasteiger partial charge in [-0.1, -0.05) is 49.4 Å². The van der Waals surface area contributed by atoms with Gasteiger partial charge in [-0.2, -0.15) is 13.2 Å². The van der Waals surface area contributed by atoms with Crippen molar-refractivity contribution in [1.29, 1.82) is 0 Å². The Labute approximate surface area is 215 Å². The quantitative estimate of drug-likeness (QED) is 0.386. The van der Waals surface area contributed by atoms with Crippen LogP contribution in [0.5, 0.6) is 0 Å². The van der Waals surface area contributed by atoms with Crippen molar-refractivity contribution in [3.8, 4) is 0 Å². The molecule has 0 saturated carbocycles. The van der Waals surface area contributed by atoms with Gasteiger partial charge in [0, 0.05) is 0 Å². The average Bonchev–Trinajstić information content (AvgIpc) is 2.90. The largest absolute Gasteiger partial charge is 0.416 e. The van der Waals surface area contributed by atoms with E-state index >= 15 is 0 Å². The number of amides is 1. The second-order valence-electron chi connectivity index (χ2n) is 9.14. The molecule has 1 aliphatic rings. The second-order valence-corrected chi connectivity index (χ2v) is 11.0. The van der Waals surface area contributed by atoms with Crippen LogP contribution in [0.25, 0.3) is 0 Å². The smallest absolute Gasteiger partial charge is 0.348 e. The number of alkyl halides is 3. The van der Waals surface area contributed by atoms with Crippen LogP contribution in [-0.4, -0.2) is 20.9 Å². The molecule has 1 amide bonds. The van der Waals surface area contributed by atoms with Crippen LogP contribution in [0, 0.1) is 0 Å². The van der Waals surface area contributed by atoms with Crippen molar-refractivity contribution < 1.29 is 26.4 Å². The van der Waals surface area contributed by atoms with Gasteiger partial charge in [0.15, 0.2) is 0 Å². The van der Waals surface area contributed by atoms with Gasteiger partial charge in [0.1, 0.15) is 6.54 Å². The monoisotopic (exact) mass is 530 g/mol. The lowest BCUT2D eigenvalue weighted by Crippen LogP contribution is -2.42. The first kappa shape index (κ1) is 26.7. The van der Waals surface area contributed by atoms with Gasteiger partial charge in [-0.05, 0) is 79.1 Å². The second kappa shape index (κ2) is 11.0. The van der Waals surface area contributed by atoms with E-state index in [1.165, 1.54) is 41.5 Å². The van der Waals surface area contributed by atoms with Gasteiger partial charge < -0.3 is 5.32 Å². The zero-order valence-electron chi connectivity index (χ0n) is 20.5. The lowest BCUT2D eigenvalue weighted by molar-refractivity contribution is -0.137. The standard InChI is InChI=1S/C28H29F3N2O3S/c1-2-26(22-16-15-20-9-6-7-10-21(20)17-22)32-27(34)19-33(37(35,36)25-13-4-3-5-14-25)24-12-8-11-23(18-24)28(29,30)31/h3-5,8,11-18,26H,2,6-7,9-10,19H2,1H3,(H,32,34). The van der Waals surface area contributed by atoms with Crippen LogP contribution < -0.4 is 9.62 Å². The maximum Gasteiger partial charge on any atom is 0.416 e. The summed E-state index contributed by atoms with van der Waals surface area (Å²) in [5.41, 5.74) is 2.25. The molecule has 0 radical (unpaired) electrons. The van der Waals surface area contributed by atoms with Crippen LogP contribution in [0.1, 0.15) is 54.5 Å². The molecule has 0 heterocycles. The zero-order chi connectivity index (χ0) is 26.6. The van der Waals surface area contributed by atoms with Gasteiger partial charge in [0.25, 0.3) is 10.0 Å². The highest BCUT2D eigenvalue weighted by atomic mass is 32.2. The van der Waals surface area contributed by atoms with E-state index in [9.17, 15) is 26.4 Å². The van der Waals surface area contributed by atoms with E-state index in [0.717, 1.165) is 53.8 Å². The number of aryl methyl sites for hydroxylation is 2. The summed E-state index contributed by atoms with van der Waals surface area (Å²) in [6.07, 6.45) is 0.179. The number of nitrogens with one attached hydrogen (secondary N) is 1. The molecule has 4 rings (SSSR count). The molecule has 1 atom stereocenters. The lowest BCUT2D eigenvalue weighted by atomic mass is 9.89. The number of sulfonamides is 1. The Hall–Kier alpha value is -3.33. The number of benzene rings is 3. The topological polar surface area (TPSA) is 66.5 Å². The molecule has 196 valence electrons. The van der Waals surface area contributed by atoms with E-state index < -0.39 is 34.2 Å². The molecule has 1 aliphatic carbocycles. The van der Waals surface area contributed by atoms with Gasteiger partial charge in [0.2, 0.25) is 5.91 Å². The Morgan fingerprint density at radius 2 is 1.65 bits per heavy atom. The summed E-state index contributed by atoms with van der Waals surface area (Å²) in [6, 6.07) is 17.1. The van der Waals surface area contributed by atoms with Crippen molar-refractivity contribution in [2.45, 2.75) is 56.1 Å². The highest BCUT2D eigenvalue weighted by molar-refractivity contribution is 7.92. The third-order valence-corrected chi connectivity index (χ3v) is 8.39. The maximum absolute atomic E-state index is 13.5. The Morgan fingerprint density at radius 3 is 2.32 bits per heavy atom. The fraction of sp³-hybridized carbons (Fsp3) is 0.321. The van der Waals surface area contributed by atoms with Crippen LogP contribution in [0.2, 0.25) is 0 Å². The van der Waals surface area contributed by atoms with Crippen molar-refractivity contribution in [2.24, 2.45) is 0 Å². The molecule has 0 spiro atoms. The molecule has 0 fully saturated rings. The Kier molecular flexibility index (Phi) is 7.92. The predicted octanol–water partition coefficient (Wildman–Crippen LogP) is 6.05. The van der Waals surface area contributed by atoms with Crippen molar-refractivity contribution in [3.05, 3.63) is 95.1 Å². The number of rotatable bonds is 8. The summed E-state index contributed by atoms with van der Waals surface area (Å²) >= 11 is 0. The van der Waals surface area contributed by atoms with Gasteiger partial charge in [-0.25, -0.2) is 8.42 Å². The van der Waals surface area contributed by atoms with E-state index in [0.29, 0.717) is 6.42 Å². The van der Waals surface area contributed by atoms with E-state index in [2.05, 4.69) is 17.4 Å². The summed E-state index contributed by atoms with van der Waals surface area (Å²) in [4.78, 5) is 13.1. The number of nitrogens with zero attached hydrogens (tertiary/aromatic N) is 1. The average molecular weight is 531 g/mol. The predicted molar refractivity (Wildman–Crippen MR) is 137 cm³/mol. The number of carbonyl (C=O) groups excluding carboxylic acids is 1. The SMILES string of the molecule is CCC(NC(=O)CN(c1cccc(C(F)(F)F)c1)S(=O)(=O)c1ccccc1)c1ccc2c(c1)CCCC2. The molecule has 3 aromatic rings. The van der Waals surface area contributed by atoms with E-state index in [1.54, 1.807) is 6.07 Å². The summed E-state index contributed by atoms with van der Waals surface area (Å²) < 4.78 is 67.9. The molecule has 37 heavy (non-hydrogen) atoms. The third kappa shape index (κ3) is 6.15. The third-order valence-electron chi connectivity index (χ3n) is 6.60. The first-order chi connectivity index (χ1) is 17.6. The van der Waals surface area contributed by atoms with E-state index in [4.69, 9.17) is 0 Å². The fourth-order valence-electron chi connectivity index (χ4n) is 4.63. The molecule has 0 bridgehead atoms. The molecular weight excluding hydrogens is 501 g/mol. The number of anilines is 1. The number of hydrogen-bond donors (Lipinski definition) is 1. The highest BCUT2D eigenvalue weighted by Crippen LogP contribution is 2.33. The first-order valence-corrected chi connectivity index (χ1v) is 13.7. The van der Waals surface area contributed by atoms with Gasteiger partial charge in [-0.15, -0.1) is 0 Å². The van der Waals surface area contributed by atoms with E-state index in [-0.39, 0.29) is 16.6 Å². The van der Waals surface area contributed by atoms with Gasteiger partial charge >= 0.3 is 6.18 Å². The fourth-order valence-corrected chi connectivity index (χ4v) is 6.07. The van der Waals surface area contributed by atoms with Crippen molar-refractivity contribution in [2.75, 3.05) is 10.8 Å². The molecular formula is C28H29F3N2O3S. The summed E-state index contributed by atoms with van der Waals surface area (Å²) in [5.74, 6) is -0.610. The summed E-state index contributed by atoms with van der Waals surface area (Å²) in [6.45, 7) is 1.25.